The summed E-state index contributed by atoms with van der Waals surface area (Å²) >= 11 is 0. The molecule has 0 spiro atoms. The molecule has 6 heteroatoms. The molecule has 26 heavy (non-hydrogen) atoms. The number of rotatable bonds is 7. The van der Waals surface area contributed by atoms with Crippen molar-refractivity contribution < 1.29 is 9.47 Å². The summed E-state index contributed by atoms with van der Waals surface area (Å²) in [5, 5.41) is 3.42. The third-order valence-corrected chi connectivity index (χ3v) is 5.17. The minimum Gasteiger partial charge on any atom is -0.497 e. The first-order valence-electron chi connectivity index (χ1n) is 9.38. The SMILES string of the molecule is CCNC(=NCC1(N(C)C)CCOCC1)N(C)Cc1ccc(OC)cc1. The number of benzene rings is 1. The van der Waals surface area contributed by atoms with Crippen LogP contribution in [0.1, 0.15) is 25.3 Å². The lowest BCUT2D eigenvalue weighted by Gasteiger charge is -2.42. The van der Waals surface area contributed by atoms with E-state index in [0.29, 0.717) is 0 Å². The van der Waals surface area contributed by atoms with Crippen molar-refractivity contribution in [1.29, 1.82) is 0 Å². The van der Waals surface area contributed by atoms with Gasteiger partial charge in [-0.15, -0.1) is 0 Å². The van der Waals surface area contributed by atoms with Gasteiger partial charge in [0.1, 0.15) is 5.75 Å². The maximum atomic E-state index is 5.56. The average molecular weight is 363 g/mol. The van der Waals surface area contributed by atoms with Crippen LogP contribution in [0.15, 0.2) is 29.3 Å². The Morgan fingerprint density at radius 3 is 2.38 bits per heavy atom. The van der Waals surface area contributed by atoms with Gasteiger partial charge < -0.3 is 24.6 Å². The van der Waals surface area contributed by atoms with Crippen molar-refractivity contribution in [2.45, 2.75) is 31.8 Å². The predicted molar refractivity (Wildman–Crippen MR) is 107 cm³/mol. The van der Waals surface area contributed by atoms with Crippen LogP contribution < -0.4 is 10.1 Å². The summed E-state index contributed by atoms with van der Waals surface area (Å²) in [6.07, 6.45) is 2.04. The lowest BCUT2D eigenvalue weighted by molar-refractivity contribution is -0.00262. The van der Waals surface area contributed by atoms with Gasteiger partial charge in [-0.3, -0.25) is 4.99 Å². The Balaban J connectivity index is 2.08. The molecule has 2 rings (SSSR count). The van der Waals surface area contributed by atoms with Crippen LogP contribution >= 0.6 is 0 Å². The second-order valence-electron chi connectivity index (χ2n) is 7.11. The molecule has 1 heterocycles. The number of hydrogen-bond donors (Lipinski definition) is 1. The first kappa shape index (κ1) is 20.5. The van der Waals surface area contributed by atoms with Crippen LogP contribution in [-0.2, 0) is 11.3 Å². The van der Waals surface area contributed by atoms with E-state index in [-0.39, 0.29) is 5.54 Å². The summed E-state index contributed by atoms with van der Waals surface area (Å²) in [5.41, 5.74) is 1.31. The normalized spacial score (nSPS) is 17.2. The first-order valence-corrected chi connectivity index (χ1v) is 9.38. The lowest BCUT2D eigenvalue weighted by Crippen LogP contribution is -2.51. The number of nitrogens with zero attached hydrogens (tertiary/aromatic N) is 3. The maximum absolute atomic E-state index is 5.56. The van der Waals surface area contributed by atoms with E-state index in [4.69, 9.17) is 14.5 Å². The fourth-order valence-corrected chi connectivity index (χ4v) is 3.27. The van der Waals surface area contributed by atoms with Crippen LogP contribution in [0.25, 0.3) is 0 Å². The average Bonchev–Trinajstić information content (AvgIpc) is 2.66. The molecule has 1 fully saturated rings. The smallest absolute Gasteiger partial charge is 0.194 e. The Hall–Kier alpha value is -1.79. The fourth-order valence-electron chi connectivity index (χ4n) is 3.27. The molecule has 1 aliphatic rings. The molecule has 0 unspecified atom stereocenters. The molecule has 146 valence electrons. The highest BCUT2D eigenvalue weighted by molar-refractivity contribution is 5.79. The van der Waals surface area contributed by atoms with Gasteiger partial charge >= 0.3 is 0 Å². The number of likely N-dealkylation sites (N-methyl/N-ethyl adjacent to an activating group) is 1. The highest BCUT2D eigenvalue weighted by Gasteiger charge is 2.34. The third-order valence-electron chi connectivity index (χ3n) is 5.17. The lowest BCUT2D eigenvalue weighted by atomic mass is 9.89. The Morgan fingerprint density at radius 2 is 1.85 bits per heavy atom. The zero-order valence-electron chi connectivity index (χ0n) is 16.9. The largest absolute Gasteiger partial charge is 0.497 e. The highest BCUT2D eigenvalue weighted by atomic mass is 16.5. The summed E-state index contributed by atoms with van der Waals surface area (Å²) in [5.74, 6) is 1.82. The summed E-state index contributed by atoms with van der Waals surface area (Å²) in [4.78, 5) is 9.46. The van der Waals surface area contributed by atoms with Crippen molar-refractivity contribution in [3.05, 3.63) is 29.8 Å². The van der Waals surface area contributed by atoms with Gasteiger partial charge in [0.05, 0.1) is 13.7 Å². The van der Waals surface area contributed by atoms with Crippen LogP contribution in [0.2, 0.25) is 0 Å². The minimum atomic E-state index is 0.0832. The quantitative estimate of drug-likeness (QED) is 0.595. The monoisotopic (exact) mass is 362 g/mol. The minimum absolute atomic E-state index is 0.0832. The van der Waals surface area contributed by atoms with Gasteiger partial charge in [-0.2, -0.15) is 0 Å². The Labute approximate surface area is 158 Å². The molecule has 0 bridgehead atoms. The van der Waals surface area contributed by atoms with Gasteiger partial charge in [-0.05, 0) is 51.6 Å². The fraction of sp³-hybridized carbons (Fsp3) is 0.650. The number of nitrogens with one attached hydrogen (secondary N) is 1. The van der Waals surface area contributed by atoms with E-state index < -0.39 is 0 Å². The van der Waals surface area contributed by atoms with Crippen molar-refractivity contribution in [1.82, 2.24) is 15.1 Å². The number of ether oxygens (including phenoxy) is 2. The van der Waals surface area contributed by atoms with Gasteiger partial charge in [0.25, 0.3) is 0 Å². The predicted octanol–water partition coefficient (Wildman–Crippen LogP) is 2.20. The molecule has 0 aromatic heterocycles. The van der Waals surface area contributed by atoms with Crippen molar-refractivity contribution in [2.24, 2.45) is 4.99 Å². The third kappa shape index (κ3) is 5.35. The number of methoxy groups -OCH3 is 1. The van der Waals surface area contributed by atoms with Gasteiger partial charge in [-0.25, -0.2) is 0 Å². The van der Waals surface area contributed by atoms with Gasteiger partial charge in [0.15, 0.2) is 5.96 Å². The summed E-state index contributed by atoms with van der Waals surface area (Å²) in [7, 11) is 8.07. The van der Waals surface area contributed by atoms with Crippen LogP contribution in [0.4, 0.5) is 0 Å². The molecule has 6 nitrogen and oxygen atoms in total. The van der Waals surface area contributed by atoms with Crippen molar-refractivity contribution in [2.75, 3.05) is 54.6 Å². The van der Waals surface area contributed by atoms with Crippen LogP contribution in [0.5, 0.6) is 5.75 Å². The molecule has 1 saturated heterocycles. The summed E-state index contributed by atoms with van der Waals surface area (Å²) in [6, 6.07) is 8.18. The molecule has 1 N–H and O–H groups in total. The number of aliphatic imine (C=N–C) groups is 1. The van der Waals surface area contributed by atoms with E-state index in [2.05, 4.69) is 55.3 Å². The second kappa shape index (κ2) is 9.78. The van der Waals surface area contributed by atoms with E-state index in [1.165, 1.54) is 5.56 Å². The molecule has 1 aliphatic heterocycles. The van der Waals surface area contributed by atoms with Crippen LogP contribution in [0.3, 0.4) is 0 Å². The molecule has 0 amide bonds. The molecule has 0 saturated carbocycles. The number of guanidine groups is 1. The van der Waals surface area contributed by atoms with E-state index in [9.17, 15) is 0 Å². The Kier molecular flexibility index (Phi) is 7.72. The maximum Gasteiger partial charge on any atom is 0.194 e. The summed E-state index contributed by atoms with van der Waals surface area (Å²) < 4.78 is 10.8. The molecule has 1 aromatic rings. The Morgan fingerprint density at radius 1 is 1.19 bits per heavy atom. The van der Waals surface area contributed by atoms with E-state index >= 15 is 0 Å². The van der Waals surface area contributed by atoms with Crippen molar-refractivity contribution in [3.8, 4) is 5.75 Å². The van der Waals surface area contributed by atoms with Gasteiger partial charge in [0.2, 0.25) is 0 Å². The number of hydrogen-bond acceptors (Lipinski definition) is 4. The molecule has 0 radical (unpaired) electrons. The van der Waals surface area contributed by atoms with Crippen molar-refractivity contribution in [3.63, 3.8) is 0 Å². The van der Waals surface area contributed by atoms with E-state index in [1.807, 2.05) is 12.1 Å². The van der Waals surface area contributed by atoms with Crippen LogP contribution in [0, 0.1) is 0 Å². The molecule has 0 atom stereocenters. The van der Waals surface area contributed by atoms with Gasteiger partial charge in [0, 0.05) is 38.9 Å². The highest BCUT2D eigenvalue weighted by Crippen LogP contribution is 2.26. The standard InChI is InChI=1S/C20H34N4O2/c1-6-21-19(22-16-20(23(2)3)11-13-26-14-12-20)24(4)15-17-7-9-18(25-5)10-8-17/h7-10H,6,11-16H2,1-5H3,(H,21,22). The molecule has 0 aliphatic carbocycles. The van der Waals surface area contributed by atoms with E-state index in [1.54, 1.807) is 7.11 Å². The molecular weight excluding hydrogens is 328 g/mol. The Bertz CT molecular complexity index is 566. The van der Waals surface area contributed by atoms with Crippen molar-refractivity contribution >= 4 is 5.96 Å². The van der Waals surface area contributed by atoms with Crippen LogP contribution in [-0.4, -0.2) is 75.9 Å². The summed E-state index contributed by atoms with van der Waals surface area (Å²) in [6.45, 7) is 6.15. The van der Waals surface area contributed by atoms with Gasteiger partial charge in [-0.1, -0.05) is 12.1 Å². The first-order chi connectivity index (χ1) is 12.5. The molecular formula is C20H34N4O2. The second-order valence-corrected chi connectivity index (χ2v) is 7.11. The zero-order chi connectivity index (χ0) is 19.0. The zero-order valence-corrected chi connectivity index (χ0v) is 16.9. The topological polar surface area (TPSA) is 49.3 Å². The molecule has 1 aromatic carbocycles. The van der Waals surface area contributed by atoms with E-state index in [0.717, 1.165) is 57.4 Å².